The van der Waals surface area contributed by atoms with Gasteiger partial charge in [0.15, 0.2) is 0 Å². The summed E-state index contributed by atoms with van der Waals surface area (Å²) >= 11 is 1.60. The monoisotopic (exact) mass is 323 g/mol. The van der Waals surface area contributed by atoms with E-state index < -0.39 is 0 Å². The van der Waals surface area contributed by atoms with E-state index in [-0.39, 0.29) is 5.91 Å². The Kier molecular flexibility index (Phi) is 4.78. The van der Waals surface area contributed by atoms with Crippen molar-refractivity contribution in [2.45, 2.75) is 13.3 Å². The minimum atomic E-state index is -0.0351. The molecule has 0 radical (unpaired) electrons. The highest BCUT2D eigenvalue weighted by molar-refractivity contribution is 7.09. The van der Waals surface area contributed by atoms with Gasteiger partial charge in [-0.2, -0.15) is 0 Å². The molecule has 1 aromatic carbocycles. The van der Waals surface area contributed by atoms with Crippen molar-refractivity contribution in [1.82, 2.24) is 15.3 Å². The summed E-state index contributed by atoms with van der Waals surface area (Å²) in [6.07, 6.45) is 4.28. The first kappa shape index (κ1) is 15.4. The Bertz CT molecular complexity index is 799. The van der Waals surface area contributed by atoms with Crippen LogP contribution in [0.3, 0.4) is 0 Å². The summed E-state index contributed by atoms with van der Waals surface area (Å²) in [5.74, 6) is -0.0351. The molecule has 0 saturated carbocycles. The normalized spacial score (nSPS) is 10.5. The highest BCUT2D eigenvalue weighted by Crippen LogP contribution is 2.20. The second kappa shape index (κ2) is 7.15. The first-order valence-electron chi connectivity index (χ1n) is 7.42. The number of carbonyl (C=O) groups is 1. The van der Waals surface area contributed by atoms with E-state index in [1.807, 2.05) is 48.7 Å². The van der Waals surface area contributed by atoms with Gasteiger partial charge >= 0.3 is 0 Å². The molecule has 0 aliphatic rings. The summed E-state index contributed by atoms with van der Waals surface area (Å²) in [5.41, 5.74) is 3.66. The second-order valence-corrected chi connectivity index (χ2v) is 6.13. The number of aryl methyl sites for hydroxylation is 1. The van der Waals surface area contributed by atoms with E-state index in [1.165, 1.54) is 0 Å². The van der Waals surface area contributed by atoms with Gasteiger partial charge in [-0.05, 0) is 30.7 Å². The predicted octanol–water partition coefficient (Wildman–Crippen LogP) is 3.49. The summed E-state index contributed by atoms with van der Waals surface area (Å²) < 4.78 is 0. The van der Waals surface area contributed by atoms with Crippen molar-refractivity contribution in [2.75, 3.05) is 6.54 Å². The summed E-state index contributed by atoms with van der Waals surface area (Å²) in [6, 6.07) is 11.5. The van der Waals surface area contributed by atoms with E-state index in [1.54, 1.807) is 23.7 Å². The van der Waals surface area contributed by atoms with E-state index in [4.69, 9.17) is 0 Å². The highest BCUT2D eigenvalue weighted by atomic mass is 32.1. The summed E-state index contributed by atoms with van der Waals surface area (Å²) in [5, 5.41) is 5.98. The number of thiazole rings is 1. The van der Waals surface area contributed by atoms with Gasteiger partial charge < -0.3 is 5.32 Å². The van der Waals surface area contributed by atoms with Gasteiger partial charge in [-0.15, -0.1) is 11.3 Å². The highest BCUT2D eigenvalue weighted by Gasteiger charge is 2.08. The molecule has 116 valence electrons. The quantitative estimate of drug-likeness (QED) is 0.782. The van der Waals surface area contributed by atoms with Gasteiger partial charge in [0.05, 0.1) is 10.7 Å². The number of aromatic nitrogens is 2. The van der Waals surface area contributed by atoms with Crippen molar-refractivity contribution in [1.29, 1.82) is 0 Å². The average molecular weight is 323 g/mol. The predicted molar refractivity (Wildman–Crippen MR) is 92.6 cm³/mol. The van der Waals surface area contributed by atoms with Gasteiger partial charge in [0.2, 0.25) is 0 Å². The van der Waals surface area contributed by atoms with E-state index in [0.29, 0.717) is 6.54 Å². The molecule has 0 fully saturated rings. The van der Waals surface area contributed by atoms with Crippen LogP contribution in [0.1, 0.15) is 20.9 Å². The number of benzene rings is 1. The minimum absolute atomic E-state index is 0.0351. The number of rotatable bonds is 5. The van der Waals surface area contributed by atoms with Crippen LogP contribution in [-0.2, 0) is 6.42 Å². The Hall–Kier alpha value is -2.53. The molecule has 0 saturated heterocycles. The smallest absolute Gasteiger partial charge is 0.251 e. The van der Waals surface area contributed by atoms with Crippen molar-refractivity contribution in [2.24, 2.45) is 0 Å². The number of carbonyl (C=O) groups excluding carboxylic acids is 1. The van der Waals surface area contributed by atoms with Crippen LogP contribution >= 0.6 is 11.3 Å². The third kappa shape index (κ3) is 3.81. The van der Waals surface area contributed by atoms with Gasteiger partial charge in [0.1, 0.15) is 0 Å². The molecule has 23 heavy (non-hydrogen) atoms. The Balaban J connectivity index is 1.56. The number of pyridine rings is 1. The van der Waals surface area contributed by atoms with Crippen LogP contribution in [0.25, 0.3) is 11.3 Å². The van der Waals surface area contributed by atoms with Gasteiger partial charge in [0.25, 0.3) is 5.91 Å². The molecule has 0 unspecified atom stereocenters. The molecular weight excluding hydrogens is 306 g/mol. The van der Waals surface area contributed by atoms with Crippen molar-refractivity contribution >= 4 is 17.2 Å². The molecule has 5 heteroatoms. The average Bonchev–Trinajstić information content (AvgIpc) is 3.05. The minimum Gasteiger partial charge on any atom is -0.352 e. The summed E-state index contributed by atoms with van der Waals surface area (Å²) in [7, 11) is 0. The van der Waals surface area contributed by atoms with Crippen LogP contribution in [0, 0.1) is 6.92 Å². The molecule has 0 spiro atoms. The van der Waals surface area contributed by atoms with Crippen LogP contribution in [0.4, 0.5) is 0 Å². The van der Waals surface area contributed by atoms with Crippen LogP contribution in [0.2, 0.25) is 0 Å². The number of hydrogen-bond acceptors (Lipinski definition) is 4. The SMILES string of the molecule is Cc1ccccc1C(=O)NCCc1nc(-c2cccnc2)cs1. The van der Waals surface area contributed by atoms with Crippen LogP contribution in [0.5, 0.6) is 0 Å². The largest absolute Gasteiger partial charge is 0.352 e. The zero-order valence-corrected chi connectivity index (χ0v) is 13.6. The van der Waals surface area contributed by atoms with Gasteiger partial charge in [-0.1, -0.05) is 18.2 Å². The molecule has 1 N–H and O–H groups in total. The lowest BCUT2D eigenvalue weighted by Gasteiger charge is -2.06. The van der Waals surface area contributed by atoms with Gasteiger partial charge in [0, 0.05) is 41.9 Å². The van der Waals surface area contributed by atoms with E-state index >= 15 is 0 Å². The molecule has 2 aromatic heterocycles. The third-order valence-electron chi connectivity index (χ3n) is 3.52. The number of nitrogens with zero attached hydrogens (tertiary/aromatic N) is 2. The molecule has 0 bridgehead atoms. The Morgan fingerprint density at radius 2 is 2.09 bits per heavy atom. The van der Waals surface area contributed by atoms with E-state index in [0.717, 1.165) is 33.8 Å². The van der Waals surface area contributed by atoms with E-state index in [9.17, 15) is 4.79 Å². The number of nitrogens with one attached hydrogen (secondary N) is 1. The zero-order chi connectivity index (χ0) is 16.1. The maximum Gasteiger partial charge on any atom is 0.251 e. The molecule has 0 atom stereocenters. The summed E-state index contributed by atoms with van der Waals surface area (Å²) in [4.78, 5) is 20.8. The lowest BCUT2D eigenvalue weighted by Crippen LogP contribution is -2.26. The van der Waals surface area contributed by atoms with Gasteiger partial charge in [-0.25, -0.2) is 4.98 Å². The topological polar surface area (TPSA) is 54.9 Å². The molecule has 2 heterocycles. The first-order valence-corrected chi connectivity index (χ1v) is 8.30. The Labute approximate surface area is 139 Å². The lowest BCUT2D eigenvalue weighted by molar-refractivity contribution is 0.0953. The number of hydrogen-bond donors (Lipinski definition) is 1. The molecule has 3 aromatic rings. The second-order valence-electron chi connectivity index (χ2n) is 5.19. The molecule has 0 aliphatic carbocycles. The third-order valence-corrected chi connectivity index (χ3v) is 4.43. The first-order chi connectivity index (χ1) is 11.2. The summed E-state index contributed by atoms with van der Waals surface area (Å²) in [6.45, 7) is 2.52. The van der Waals surface area contributed by atoms with Crippen LogP contribution < -0.4 is 5.32 Å². The van der Waals surface area contributed by atoms with Crippen molar-refractivity contribution in [3.63, 3.8) is 0 Å². The lowest BCUT2D eigenvalue weighted by atomic mass is 10.1. The van der Waals surface area contributed by atoms with Crippen LogP contribution in [0.15, 0.2) is 54.2 Å². The molecule has 0 aliphatic heterocycles. The maximum atomic E-state index is 12.1. The molecule has 4 nitrogen and oxygen atoms in total. The van der Waals surface area contributed by atoms with Crippen LogP contribution in [-0.4, -0.2) is 22.4 Å². The molecular formula is C18H17N3OS. The van der Waals surface area contributed by atoms with Crippen molar-refractivity contribution < 1.29 is 4.79 Å². The van der Waals surface area contributed by atoms with Gasteiger partial charge in [-0.3, -0.25) is 9.78 Å². The maximum absolute atomic E-state index is 12.1. The Morgan fingerprint density at radius 1 is 1.22 bits per heavy atom. The fraction of sp³-hybridized carbons (Fsp3) is 0.167. The molecule has 1 amide bonds. The van der Waals surface area contributed by atoms with Crippen molar-refractivity contribution in [3.05, 3.63) is 70.3 Å². The fourth-order valence-corrected chi connectivity index (χ4v) is 3.09. The standard InChI is InChI=1S/C18H17N3OS/c1-13-5-2-3-7-15(13)18(22)20-10-8-17-21-16(12-23-17)14-6-4-9-19-11-14/h2-7,9,11-12H,8,10H2,1H3,(H,20,22). The fourth-order valence-electron chi connectivity index (χ4n) is 2.28. The van der Waals surface area contributed by atoms with Crippen molar-refractivity contribution in [3.8, 4) is 11.3 Å². The number of amides is 1. The zero-order valence-electron chi connectivity index (χ0n) is 12.8. The Morgan fingerprint density at radius 3 is 2.87 bits per heavy atom. The van der Waals surface area contributed by atoms with E-state index in [2.05, 4.69) is 15.3 Å². The molecule has 3 rings (SSSR count).